The molecule has 2 rings (SSSR count). The lowest BCUT2D eigenvalue weighted by Gasteiger charge is -2.13. The molecule has 0 heterocycles. The average Bonchev–Trinajstić information content (AvgIpc) is 2.66. The molecule has 2 N–H and O–H groups in total. The Bertz CT molecular complexity index is 862. The van der Waals surface area contributed by atoms with E-state index < -0.39 is 7.82 Å². The van der Waals surface area contributed by atoms with Gasteiger partial charge in [0, 0.05) is 0 Å². The number of hydrogen-bond donors (Lipinski definition) is 2. The van der Waals surface area contributed by atoms with Crippen molar-refractivity contribution in [2.24, 2.45) is 0 Å². The van der Waals surface area contributed by atoms with Crippen LogP contribution in [0.15, 0.2) is 30.3 Å². The summed E-state index contributed by atoms with van der Waals surface area (Å²) in [7, 11) is -0.129. The van der Waals surface area contributed by atoms with E-state index in [0.717, 1.165) is 5.56 Å². The van der Waals surface area contributed by atoms with Crippen LogP contribution in [0, 0.1) is 0 Å². The minimum absolute atomic E-state index is 0.0396. The van der Waals surface area contributed by atoms with Gasteiger partial charge in [-0.25, -0.2) is 4.57 Å². The molecule has 0 aliphatic rings. The highest BCUT2D eigenvalue weighted by atomic mass is 31.2. The molecule has 2 aromatic rings. The predicted octanol–water partition coefficient (Wildman–Crippen LogP) is 3.75. The van der Waals surface area contributed by atoms with Gasteiger partial charge in [0.1, 0.15) is 0 Å². The van der Waals surface area contributed by atoms with Crippen LogP contribution >= 0.6 is 7.82 Å². The van der Waals surface area contributed by atoms with Gasteiger partial charge < -0.3 is 23.5 Å². The van der Waals surface area contributed by atoms with Crippen LogP contribution in [0.1, 0.15) is 18.1 Å². The molecule has 0 saturated heterocycles. The molecular formula is C19H23O8P. The van der Waals surface area contributed by atoms with Crippen LogP contribution in [-0.4, -0.2) is 37.7 Å². The van der Waals surface area contributed by atoms with E-state index in [0.29, 0.717) is 29.4 Å². The number of rotatable bonds is 9. The van der Waals surface area contributed by atoms with Crippen molar-refractivity contribution >= 4 is 20.0 Å². The molecular weight excluding hydrogens is 387 g/mol. The van der Waals surface area contributed by atoms with E-state index in [4.69, 9.17) is 33.3 Å². The third-order valence-electron chi connectivity index (χ3n) is 3.64. The zero-order chi connectivity index (χ0) is 20.7. The number of phosphoric acid groups is 1. The van der Waals surface area contributed by atoms with E-state index in [1.807, 2.05) is 0 Å². The van der Waals surface area contributed by atoms with Crippen molar-refractivity contribution in [2.75, 3.05) is 27.9 Å². The molecule has 2 aromatic carbocycles. The lowest BCUT2D eigenvalue weighted by molar-refractivity contribution is 0.270. The summed E-state index contributed by atoms with van der Waals surface area (Å²) in [6.07, 6.45) is 3.55. The lowest BCUT2D eigenvalue weighted by atomic mass is 10.1. The quantitative estimate of drug-likeness (QED) is 0.476. The van der Waals surface area contributed by atoms with Gasteiger partial charge in [0.05, 0.1) is 27.9 Å². The number of methoxy groups -OCH3 is 3. The van der Waals surface area contributed by atoms with E-state index in [1.54, 1.807) is 43.3 Å². The van der Waals surface area contributed by atoms with E-state index in [2.05, 4.69) is 0 Å². The first-order chi connectivity index (χ1) is 13.3. The SMILES string of the molecule is CCOc1ccc(/C=C\c2cc(OC)c(OC)c(OC)c2)cc1OP(=O)(O)O. The molecule has 0 saturated carbocycles. The van der Waals surface area contributed by atoms with Gasteiger partial charge in [-0.15, -0.1) is 0 Å². The molecule has 0 radical (unpaired) electrons. The van der Waals surface area contributed by atoms with Gasteiger partial charge in [-0.2, -0.15) is 0 Å². The maximum absolute atomic E-state index is 11.2. The van der Waals surface area contributed by atoms with Gasteiger partial charge in [-0.1, -0.05) is 18.2 Å². The second-order valence-electron chi connectivity index (χ2n) is 5.51. The van der Waals surface area contributed by atoms with Crippen LogP contribution in [0.5, 0.6) is 28.7 Å². The van der Waals surface area contributed by atoms with Crippen LogP contribution in [0.2, 0.25) is 0 Å². The molecule has 0 spiro atoms. The second kappa shape index (κ2) is 9.50. The summed E-state index contributed by atoms with van der Waals surface area (Å²) in [5, 5.41) is 0. The van der Waals surface area contributed by atoms with Crippen LogP contribution in [0.25, 0.3) is 12.2 Å². The van der Waals surface area contributed by atoms with E-state index in [1.165, 1.54) is 27.4 Å². The number of phosphoric ester groups is 1. The van der Waals surface area contributed by atoms with Crippen molar-refractivity contribution in [3.05, 3.63) is 41.5 Å². The molecule has 9 heteroatoms. The highest BCUT2D eigenvalue weighted by molar-refractivity contribution is 7.46. The number of ether oxygens (including phenoxy) is 4. The summed E-state index contributed by atoms with van der Waals surface area (Å²) in [4.78, 5) is 18.2. The molecule has 28 heavy (non-hydrogen) atoms. The van der Waals surface area contributed by atoms with Gasteiger partial charge in [0.2, 0.25) is 5.75 Å². The first kappa shape index (κ1) is 21.6. The third-order valence-corrected chi connectivity index (χ3v) is 4.07. The smallest absolute Gasteiger partial charge is 0.493 e. The molecule has 0 fully saturated rings. The van der Waals surface area contributed by atoms with E-state index in [-0.39, 0.29) is 11.5 Å². The van der Waals surface area contributed by atoms with Crippen LogP contribution in [0.4, 0.5) is 0 Å². The Balaban J connectivity index is 2.38. The highest BCUT2D eigenvalue weighted by Gasteiger charge is 2.19. The van der Waals surface area contributed by atoms with Crippen molar-refractivity contribution in [3.8, 4) is 28.7 Å². The van der Waals surface area contributed by atoms with Gasteiger partial charge in [0.25, 0.3) is 0 Å². The Kier molecular flexibility index (Phi) is 7.34. The summed E-state index contributed by atoms with van der Waals surface area (Å²) in [5.74, 6) is 1.72. The maximum atomic E-state index is 11.2. The van der Waals surface area contributed by atoms with Crippen molar-refractivity contribution in [3.63, 3.8) is 0 Å². The fourth-order valence-corrected chi connectivity index (χ4v) is 2.89. The van der Waals surface area contributed by atoms with Crippen molar-refractivity contribution in [1.29, 1.82) is 0 Å². The zero-order valence-corrected chi connectivity index (χ0v) is 16.9. The summed E-state index contributed by atoms with van der Waals surface area (Å²) in [6, 6.07) is 8.37. The molecule has 0 aliphatic carbocycles. The molecule has 0 amide bonds. The molecule has 0 aromatic heterocycles. The fourth-order valence-electron chi connectivity index (χ4n) is 2.49. The Morgan fingerprint density at radius 3 is 1.93 bits per heavy atom. The molecule has 8 nitrogen and oxygen atoms in total. The standard InChI is InChI=1S/C19H23O8P/c1-5-26-15-9-8-13(10-16(15)27-28(20,21)22)6-7-14-11-17(23-2)19(25-4)18(12-14)24-3/h6-12H,5H2,1-4H3,(H2,20,21,22)/b7-6-. The van der Waals surface area contributed by atoms with Crippen molar-refractivity contribution < 1.29 is 37.8 Å². The monoisotopic (exact) mass is 410 g/mol. The van der Waals surface area contributed by atoms with Crippen LogP contribution < -0.4 is 23.5 Å². The Labute approximate surface area is 163 Å². The summed E-state index contributed by atoms with van der Waals surface area (Å²) >= 11 is 0. The number of benzene rings is 2. The van der Waals surface area contributed by atoms with Gasteiger partial charge in [-0.3, -0.25) is 9.79 Å². The zero-order valence-electron chi connectivity index (χ0n) is 16.0. The maximum Gasteiger partial charge on any atom is 0.524 e. The van der Waals surface area contributed by atoms with Crippen molar-refractivity contribution in [2.45, 2.75) is 6.92 Å². The predicted molar refractivity (Wildman–Crippen MR) is 105 cm³/mol. The average molecular weight is 410 g/mol. The topological polar surface area (TPSA) is 104 Å². The molecule has 0 bridgehead atoms. The van der Waals surface area contributed by atoms with Gasteiger partial charge >= 0.3 is 7.82 Å². The summed E-state index contributed by atoms with van der Waals surface area (Å²) in [6.45, 7) is 2.09. The summed E-state index contributed by atoms with van der Waals surface area (Å²) < 4.78 is 37.2. The Hall–Kier alpha value is -2.67. The molecule has 152 valence electrons. The van der Waals surface area contributed by atoms with E-state index >= 15 is 0 Å². The normalized spacial score (nSPS) is 11.4. The first-order valence-corrected chi connectivity index (χ1v) is 9.84. The second-order valence-corrected chi connectivity index (χ2v) is 6.68. The van der Waals surface area contributed by atoms with E-state index in [9.17, 15) is 4.57 Å². The van der Waals surface area contributed by atoms with Gasteiger partial charge in [-0.05, 0) is 42.3 Å². The number of hydrogen-bond acceptors (Lipinski definition) is 6. The largest absolute Gasteiger partial charge is 0.524 e. The lowest BCUT2D eigenvalue weighted by Crippen LogP contribution is -1.97. The molecule has 0 aliphatic heterocycles. The Morgan fingerprint density at radius 2 is 1.43 bits per heavy atom. The van der Waals surface area contributed by atoms with Crippen LogP contribution in [0.3, 0.4) is 0 Å². The molecule has 0 atom stereocenters. The first-order valence-electron chi connectivity index (χ1n) is 8.31. The van der Waals surface area contributed by atoms with Gasteiger partial charge in [0.15, 0.2) is 23.0 Å². The molecule has 0 unspecified atom stereocenters. The van der Waals surface area contributed by atoms with Crippen molar-refractivity contribution in [1.82, 2.24) is 0 Å². The van der Waals surface area contributed by atoms with Crippen LogP contribution in [-0.2, 0) is 4.57 Å². The minimum atomic E-state index is -4.72. The highest BCUT2D eigenvalue weighted by Crippen LogP contribution is 2.43. The minimum Gasteiger partial charge on any atom is -0.493 e. The summed E-state index contributed by atoms with van der Waals surface area (Å²) in [5.41, 5.74) is 1.43. The third kappa shape index (κ3) is 5.66. The Morgan fingerprint density at radius 1 is 0.857 bits per heavy atom. The fraction of sp³-hybridized carbons (Fsp3) is 0.263.